The van der Waals surface area contributed by atoms with Gasteiger partial charge in [0.1, 0.15) is 18.1 Å². The highest BCUT2D eigenvalue weighted by Crippen LogP contribution is 2.36. The summed E-state index contributed by atoms with van der Waals surface area (Å²) in [4.78, 5) is 0. The SMILES string of the molecule is COc1ccccc1COc1c(Br)cc(N)cc1Br. The lowest BCUT2D eigenvalue weighted by atomic mass is 10.2. The summed E-state index contributed by atoms with van der Waals surface area (Å²) in [6.45, 7) is 0.422. The van der Waals surface area contributed by atoms with E-state index < -0.39 is 0 Å². The zero-order chi connectivity index (χ0) is 13.8. The van der Waals surface area contributed by atoms with E-state index in [-0.39, 0.29) is 0 Å². The molecule has 2 N–H and O–H groups in total. The third-order valence-corrected chi connectivity index (χ3v) is 3.76. The number of methoxy groups -OCH3 is 1. The molecule has 0 aromatic heterocycles. The molecule has 19 heavy (non-hydrogen) atoms. The van der Waals surface area contributed by atoms with Gasteiger partial charge in [-0.25, -0.2) is 0 Å². The molecule has 0 aliphatic heterocycles. The topological polar surface area (TPSA) is 44.5 Å². The van der Waals surface area contributed by atoms with Gasteiger partial charge >= 0.3 is 0 Å². The van der Waals surface area contributed by atoms with Crippen LogP contribution < -0.4 is 15.2 Å². The number of ether oxygens (including phenoxy) is 2. The van der Waals surface area contributed by atoms with Crippen molar-refractivity contribution in [2.24, 2.45) is 0 Å². The molecule has 0 amide bonds. The largest absolute Gasteiger partial charge is 0.496 e. The summed E-state index contributed by atoms with van der Waals surface area (Å²) in [5, 5.41) is 0. The van der Waals surface area contributed by atoms with Crippen LogP contribution in [0.5, 0.6) is 11.5 Å². The van der Waals surface area contributed by atoms with Crippen LogP contribution in [-0.2, 0) is 6.61 Å². The van der Waals surface area contributed by atoms with Crippen LogP contribution in [0.4, 0.5) is 5.69 Å². The van der Waals surface area contributed by atoms with E-state index in [1.54, 1.807) is 7.11 Å². The van der Waals surface area contributed by atoms with E-state index in [4.69, 9.17) is 15.2 Å². The van der Waals surface area contributed by atoms with Crippen molar-refractivity contribution in [2.45, 2.75) is 6.61 Å². The first kappa shape index (κ1) is 14.2. The van der Waals surface area contributed by atoms with Crippen LogP contribution in [0, 0.1) is 0 Å². The first-order chi connectivity index (χ1) is 9.11. The minimum Gasteiger partial charge on any atom is -0.496 e. The van der Waals surface area contributed by atoms with Crippen LogP contribution in [0.2, 0.25) is 0 Å². The van der Waals surface area contributed by atoms with E-state index in [1.807, 2.05) is 36.4 Å². The van der Waals surface area contributed by atoms with E-state index in [0.29, 0.717) is 12.3 Å². The van der Waals surface area contributed by atoms with Crippen molar-refractivity contribution in [3.05, 3.63) is 50.9 Å². The molecule has 0 fully saturated rings. The molecule has 3 nitrogen and oxygen atoms in total. The number of para-hydroxylation sites is 1. The van der Waals surface area contributed by atoms with Crippen molar-refractivity contribution in [1.82, 2.24) is 0 Å². The van der Waals surface area contributed by atoms with Gasteiger partial charge < -0.3 is 15.2 Å². The molecule has 0 unspecified atom stereocenters. The maximum absolute atomic E-state index is 5.82. The maximum Gasteiger partial charge on any atom is 0.148 e. The summed E-state index contributed by atoms with van der Waals surface area (Å²) in [7, 11) is 1.65. The molecule has 0 atom stereocenters. The van der Waals surface area contributed by atoms with Gasteiger partial charge in [-0.05, 0) is 50.1 Å². The average Bonchev–Trinajstić information content (AvgIpc) is 2.38. The number of nitrogens with two attached hydrogens (primary N) is 1. The second kappa shape index (κ2) is 6.30. The molecule has 2 rings (SSSR count). The lowest BCUT2D eigenvalue weighted by Gasteiger charge is -2.13. The molecular formula is C14H13Br2NO2. The maximum atomic E-state index is 5.82. The van der Waals surface area contributed by atoms with Crippen LogP contribution in [0.1, 0.15) is 5.56 Å². The van der Waals surface area contributed by atoms with E-state index >= 15 is 0 Å². The quantitative estimate of drug-likeness (QED) is 0.793. The standard InChI is InChI=1S/C14H13Br2NO2/c1-18-13-5-3-2-4-9(13)8-19-14-11(15)6-10(17)7-12(14)16/h2-7H,8,17H2,1H3. The van der Waals surface area contributed by atoms with Gasteiger partial charge in [0, 0.05) is 11.3 Å². The molecule has 0 aliphatic carbocycles. The molecule has 2 aromatic carbocycles. The van der Waals surface area contributed by atoms with Crippen molar-refractivity contribution in [3.63, 3.8) is 0 Å². The van der Waals surface area contributed by atoms with Crippen LogP contribution in [0.15, 0.2) is 45.3 Å². The first-order valence-corrected chi connectivity index (χ1v) is 7.19. The molecule has 0 radical (unpaired) electrons. The summed E-state index contributed by atoms with van der Waals surface area (Å²) in [6.07, 6.45) is 0. The predicted octanol–water partition coefficient (Wildman–Crippen LogP) is 4.38. The van der Waals surface area contributed by atoms with E-state index in [9.17, 15) is 0 Å². The zero-order valence-electron chi connectivity index (χ0n) is 10.3. The van der Waals surface area contributed by atoms with E-state index in [0.717, 1.165) is 26.0 Å². The Bertz CT molecular complexity index is 564. The van der Waals surface area contributed by atoms with Gasteiger partial charge in [0.05, 0.1) is 16.1 Å². The lowest BCUT2D eigenvalue weighted by Crippen LogP contribution is -2.00. The smallest absolute Gasteiger partial charge is 0.148 e. The fourth-order valence-corrected chi connectivity index (χ4v) is 3.14. The molecular weight excluding hydrogens is 374 g/mol. The molecule has 100 valence electrons. The fraction of sp³-hybridized carbons (Fsp3) is 0.143. The van der Waals surface area contributed by atoms with Gasteiger partial charge in [0.15, 0.2) is 0 Å². The van der Waals surface area contributed by atoms with Gasteiger partial charge in [-0.3, -0.25) is 0 Å². The Kier molecular flexibility index (Phi) is 4.71. The van der Waals surface area contributed by atoms with Crippen molar-refractivity contribution in [2.75, 3.05) is 12.8 Å². The normalized spacial score (nSPS) is 10.3. The lowest BCUT2D eigenvalue weighted by molar-refractivity contribution is 0.293. The summed E-state index contributed by atoms with van der Waals surface area (Å²) in [5.41, 5.74) is 7.40. The molecule has 0 heterocycles. The number of nitrogen functional groups attached to an aromatic ring is 1. The van der Waals surface area contributed by atoms with Crippen molar-refractivity contribution in [1.29, 1.82) is 0 Å². The van der Waals surface area contributed by atoms with Crippen LogP contribution in [-0.4, -0.2) is 7.11 Å². The van der Waals surface area contributed by atoms with Crippen molar-refractivity contribution in [3.8, 4) is 11.5 Å². The summed E-state index contributed by atoms with van der Waals surface area (Å²) in [6, 6.07) is 11.4. The Morgan fingerprint density at radius 3 is 2.37 bits per heavy atom. The highest BCUT2D eigenvalue weighted by molar-refractivity contribution is 9.11. The Balaban J connectivity index is 2.19. The Hall–Kier alpha value is -1.20. The Morgan fingerprint density at radius 1 is 1.11 bits per heavy atom. The Labute approximate surface area is 129 Å². The number of halogens is 2. The summed E-state index contributed by atoms with van der Waals surface area (Å²) in [5.74, 6) is 1.53. The third-order valence-electron chi connectivity index (χ3n) is 2.59. The first-order valence-electron chi connectivity index (χ1n) is 5.61. The number of anilines is 1. The molecule has 0 bridgehead atoms. The van der Waals surface area contributed by atoms with E-state index in [2.05, 4.69) is 31.9 Å². The monoisotopic (exact) mass is 385 g/mol. The minimum atomic E-state index is 0.422. The third kappa shape index (κ3) is 3.42. The van der Waals surface area contributed by atoms with Gasteiger partial charge in [-0.15, -0.1) is 0 Å². The van der Waals surface area contributed by atoms with Crippen molar-refractivity contribution >= 4 is 37.5 Å². The fourth-order valence-electron chi connectivity index (χ4n) is 1.69. The van der Waals surface area contributed by atoms with Crippen molar-refractivity contribution < 1.29 is 9.47 Å². The molecule has 2 aromatic rings. The number of hydrogen-bond donors (Lipinski definition) is 1. The van der Waals surface area contributed by atoms with E-state index in [1.165, 1.54) is 0 Å². The second-order valence-electron chi connectivity index (χ2n) is 3.91. The highest BCUT2D eigenvalue weighted by Gasteiger charge is 2.09. The minimum absolute atomic E-state index is 0.422. The Morgan fingerprint density at radius 2 is 1.74 bits per heavy atom. The zero-order valence-corrected chi connectivity index (χ0v) is 13.5. The van der Waals surface area contributed by atoms with Crippen LogP contribution in [0.25, 0.3) is 0 Å². The molecule has 5 heteroatoms. The highest BCUT2D eigenvalue weighted by atomic mass is 79.9. The van der Waals surface area contributed by atoms with Gasteiger partial charge in [0.2, 0.25) is 0 Å². The van der Waals surface area contributed by atoms with Crippen LogP contribution >= 0.6 is 31.9 Å². The second-order valence-corrected chi connectivity index (χ2v) is 5.62. The number of benzene rings is 2. The molecule has 0 saturated heterocycles. The summed E-state index contributed by atoms with van der Waals surface area (Å²) >= 11 is 6.88. The number of hydrogen-bond acceptors (Lipinski definition) is 3. The van der Waals surface area contributed by atoms with Gasteiger partial charge in [-0.2, -0.15) is 0 Å². The van der Waals surface area contributed by atoms with Gasteiger partial charge in [0.25, 0.3) is 0 Å². The van der Waals surface area contributed by atoms with Crippen LogP contribution in [0.3, 0.4) is 0 Å². The predicted molar refractivity (Wildman–Crippen MR) is 83.6 cm³/mol. The molecule has 0 saturated carbocycles. The summed E-state index contributed by atoms with van der Waals surface area (Å²) < 4.78 is 12.7. The average molecular weight is 387 g/mol. The number of rotatable bonds is 4. The molecule has 0 aliphatic rings. The van der Waals surface area contributed by atoms with Gasteiger partial charge in [-0.1, -0.05) is 18.2 Å². The molecule has 0 spiro atoms.